The second-order valence-corrected chi connectivity index (χ2v) is 4.87. The van der Waals surface area contributed by atoms with Crippen LogP contribution in [0, 0.1) is 11.8 Å². The predicted octanol–water partition coefficient (Wildman–Crippen LogP) is 2.03. The number of amides is 1. The summed E-state index contributed by atoms with van der Waals surface area (Å²) >= 11 is 0. The predicted molar refractivity (Wildman–Crippen MR) is 81.5 cm³/mol. The molecule has 0 aliphatic carbocycles. The normalized spacial score (nSPS) is 19.9. The molecule has 1 fully saturated rings. The van der Waals surface area contributed by atoms with Crippen LogP contribution in [0.2, 0.25) is 0 Å². The quantitative estimate of drug-likeness (QED) is 0.850. The van der Waals surface area contributed by atoms with Crippen LogP contribution in [0.25, 0.3) is 0 Å². The van der Waals surface area contributed by atoms with E-state index in [-0.39, 0.29) is 24.8 Å². The van der Waals surface area contributed by atoms with E-state index in [0.717, 1.165) is 4.90 Å². The van der Waals surface area contributed by atoms with Gasteiger partial charge in [0.25, 0.3) is 5.91 Å². The average molecular weight is 391 g/mol. The highest BCUT2D eigenvalue weighted by molar-refractivity contribution is 5.85. The third kappa shape index (κ3) is 5.41. The number of rotatable bonds is 4. The van der Waals surface area contributed by atoms with Crippen LogP contribution in [0.1, 0.15) is 0 Å². The molecule has 24 heavy (non-hydrogen) atoms. The van der Waals surface area contributed by atoms with Gasteiger partial charge in [0.15, 0.2) is 6.61 Å². The molecule has 1 amide bonds. The lowest BCUT2D eigenvalue weighted by Gasteiger charge is -2.18. The number of aliphatic carboxylic acids is 1. The number of hydrogen-bond acceptors (Lipinski definition) is 4. The molecule has 1 aromatic heterocycles. The molecule has 1 aromatic rings. The number of nitrogens with zero attached hydrogens (tertiary/aromatic N) is 2. The van der Waals surface area contributed by atoms with Crippen molar-refractivity contribution in [2.24, 2.45) is 11.8 Å². The Morgan fingerprint density at radius 2 is 2.00 bits per heavy atom. The van der Waals surface area contributed by atoms with Crippen LogP contribution in [-0.4, -0.2) is 52.7 Å². The fourth-order valence-electron chi connectivity index (χ4n) is 2.26. The summed E-state index contributed by atoms with van der Waals surface area (Å²) < 4.78 is 43.6. The molecule has 1 N–H and O–H groups in total. The average Bonchev–Trinajstić information content (AvgIpc) is 2.91. The lowest BCUT2D eigenvalue weighted by Crippen LogP contribution is -2.35. The van der Waals surface area contributed by atoms with Gasteiger partial charge >= 0.3 is 12.1 Å². The number of aromatic nitrogens is 1. The summed E-state index contributed by atoms with van der Waals surface area (Å²) in [6, 6.07) is 3.12. The Hall–Kier alpha value is -1.74. The molecule has 136 valence electrons. The molecule has 1 saturated heterocycles. The van der Waals surface area contributed by atoms with E-state index in [9.17, 15) is 22.8 Å². The molecule has 11 heteroatoms. The van der Waals surface area contributed by atoms with E-state index >= 15 is 0 Å². The van der Waals surface area contributed by atoms with Crippen molar-refractivity contribution >= 4 is 36.7 Å². The second kappa shape index (κ2) is 8.93. The second-order valence-electron chi connectivity index (χ2n) is 4.87. The highest BCUT2D eigenvalue weighted by atomic mass is 35.5. The molecule has 2 rings (SSSR count). The number of halogens is 5. The van der Waals surface area contributed by atoms with Crippen LogP contribution in [0.3, 0.4) is 0 Å². The van der Waals surface area contributed by atoms with Crippen molar-refractivity contribution in [2.75, 3.05) is 19.7 Å². The summed E-state index contributed by atoms with van der Waals surface area (Å²) in [7, 11) is 0. The Morgan fingerprint density at radius 1 is 1.33 bits per heavy atom. The molecule has 0 unspecified atom stereocenters. The number of carbonyl (C=O) groups is 2. The first kappa shape index (κ1) is 22.3. The molecule has 0 aromatic carbocycles. The van der Waals surface area contributed by atoms with Crippen molar-refractivity contribution in [3.05, 3.63) is 24.5 Å². The summed E-state index contributed by atoms with van der Waals surface area (Å²) in [4.78, 5) is 27.4. The number of carbonyl (C=O) groups excluding carboxylic acids is 1. The van der Waals surface area contributed by atoms with Gasteiger partial charge in [-0.15, -0.1) is 24.8 Å². The van der Waals surface area contributed by atoms with Crippen LogP contribution in [0.5, 0.6) is 5.75 Å². The number of carboxylic acid groups (broad SMARTS) is 1. The number of hydrogen-bond donors (Lipinski definition) is 1. The van der Waals surface area contributed by atoms with Gasteiger partial charge in [0.05, 0.1) is 18.0 Å². The zero-order valence-corrected chi connectivity index (χ0v) is 13.7. The number of likely N-dealkylation sites (tertiary alicyclic amines) is 1. The minimum Gasteiger partial charge on any atom is -0.482 e. The Balaban J connectivity index is 0.00000264. The number of alkyl halides is 3. The van der Waals surface area contributed by atoms with E-state index in [1.807, 2.05) is 0 Å². The monoisotopic (exact) mass is 390 g/mol. The first-order chi connectivity index (χ1) is 10.3. The fraction of sp³-hybridized carbons (Fsp3) is 0.462. The lowest BCUT2D eigenvalue weighted by atomic mass is 9.96. The van der Waals surface area contributed by atoms with E-state index in [1.54, 1.807) is 12.1 Å². The zero-order valence-electron chi connectivity index (χ0n) is 12.1. The van der Waals surface area contributed by atoms with Gasteiger partial charge in [-0.25, -0.2) is 0 Å². The first-order valence-electron chi connectivity index (χ1n) is 6.39. The van der Waals surface area contributed by atoms with Gasteiger partial charge in [-0.2, -0.15) is 13.2 Å². The Kier molecular flexibility index (Phi) is 8.28. The third-order valence-electron chi connectivity index (χ3n) is 3.41. The fourth-order valence-corrected chi connectivity index (χ4v) is 2.26. The van der Waals surface area contributed by atoms with Crippen LogP contribution in [-0.2, 0) is 9.59 Å². The van der Waals surface area contributed by atoms with Crippen LogP contribution in [0.15, 0.2) is 24.5 Å². The standard InChI is InChI=1S/C13H13F3N2O4.2ClH/c14-13(15,16)10-6-18(5-9(10)12(20)21)11(19)7-22-8-2-1-3-17-4-8;;/h1-4,9-10H,5-7H2,(H,20,21);2*1H/t9-,10-;;/m1../s1. The van der Waals surface area contributed by atoms with E-state index < -0.39 is 49.6 Å². The molecular formula is C13H15Cl2F3N2O4. The Morgan fingerprint density at radius 3 is 2.46 bits per heavy atom. The van der Waals surface area contributed by atoms with E-state index in [2.05, 4.69) is 4.98 Å². The Labute approximate surface area is 147 Å². The summed E-state index contributed by atoms with van der Waals surface area (Å²) in [6.07, 6.45) is -1.81. The minimum atomic E-state index is -4.66. The van der Waals surface area contributed by atoms with Crippen molar-refractivity contribution in [3.63, 3.8) is 0 Å². The maximum absolute atomic E-state index is 12.8. The Bertz CT molecular complexity index is 560. The number of carboxylic acids is 1. The molecule has 6 nitrogen and oxygen atoms in total. The molecule has 0 radical (unpaired) electrons. The van der Waals surface area contributed by atoms with Gasteiger partial charge < -0.3 is 14.7 Å². The summed E-state index contributed by atoms with van der Waals surface area (Å²) in [5.74, 6) is -5.67. The van der Waals surface area contributed by atoms with Crippen molar-refractivity contribution < 1.29 is 32.6 Å². The van der Waals surface area contributed by atoms with Crippen molar-refractivity contribution in [3.8, 4) is 5.75 Å². The summed E-state index contributed by atoms with van der Waals surface area (Å²) in [6.45, 7) is -1.62. The van der Waals surface area contributed by atoms with Crippen LogP contribution < -0.4 is 4.74 Å². The lowest BCUT2D eigenvalue weighted by molar-refractivity contribution is -0.188. The van der Waals surface area contributed by atoms with E-state index in [1.165, 1.54) is 12.4 Å². The molecule has 2 atom stereocenters. The number of pyridine rings is 1. The molecule has 0 saturated carbocycles. The van der Waals surface area contributed by atoms with Gasteiger partial charge in [0, 0.05) is 19.3 Å². The maximum atomic E-state index is 12.8. The number of ether oxygens (including phenoxy) is 1. The van der Waals surface area contributed by atoms with Crippen LogP contribution >= 0.6 is 24.8 Å². The van der Waals surface area contributed by atoms with Gasteiger partial charge in [-0.3, -0.25) is 14.6 Å². The summed E-state index contributed by atoms with van der Waals surface area (Å²) in [5.41, 5.74) is 0. The molecule has 1 aliphatic heterocycles. The van der Waals surface area contributed by atoms with Crippen molar-refractivity contribution in [1.82, 2.24) is 9.88 Å². The van der Waals surface area contributed by atoms with Gasteiger partial charge in [0.2, 0.25) is 0 Å². The minimum absolute atomic E-state index is 0. The maximum Gasteiger partial charge on any atom is 0.394 e. The zero-order chi connectivity index (χ0) is 16.3. The van der Waals surface area contributed by atoms with Gasteiger partial charge in [0.1, 0.15) is 5.75 Å². The van der Waals surface area contributed by atoms with E-state index in [4.69, 9.17) is 9.84 Å². The van der Waals surface area contributed by atoms with E-state index in [0.29, 0.717) is 5.75 Å². The largest absolute Gasteiger partial charge is 0.482 e. The SMILES string of the molecule is Cl.Cl.O=C(O)[C@@H]1CN(C(=O)COc2cccnc2)C[C@H]1C(F)(F)F. The topological polar surface area (TPSA) is 79.7 Å². The first-order valence-corrected chi connectivity index (χ1v) is 6.39. The molecule has 2 heterocycles. The summed E-state index contributed by atoms with van der Waals surface area (Å²) in [5, 5.41) is 8.88. The third-order valence-corrected chi connectivity index (χ3v) is 3.41. The molecule has 0 spiro atoms. The molecular weight excluding hydrogens is 376 g/mol. The highest BCUT2D eigenvalue weighted by Gasteiger charge is 2.53. The van der Waals surface area contributed by atoms with Crippen molar-refractivity contribution in [1.29, 1.82) is 0 Å². The van der Waals surface area contributed by atoms with Gasteiger partial charge in [-0.05, 0) is 12.1 Å². The smallest absolute Gasteiger partial charge is 0.394 e. The van der Waals surface area contributed by atoms with Crippen LogP contribution in [0.4, 0.5) is 13.2 Å². The molecule has 0 bridgehead atoms. The molecule has 1 aliphatic rings. The van der Waals surface area contributed by atoms with Gasteiger partial charge in [-0.1, -0.05) is 0 Å². The van der Waals surface area contributed by atoms with Crippen molar-refractivity contribution in [2.45, 2.75) is 6.18 Å². The highest BCUT2D eigenvalue weighted by Crippen LogP contribution is 2.37.